The van der Waals surface area contributed by atoms with Gasteiger partial charge in [0, 0.05) is 35.1 Å². The van der Waals surface area contributed by atoms with Gasteiger partial charge in [0.1, 0.15) is 0 Å². The van der Waals surface area contributed by atoms with Gasteiger partial charge in [-0.2, -0.15) is 0 Å². The molecule has 1 fully saturated rings. The maximum absolute atomic E-state index is 4.30. The molecular formula is C15H17BrN2S. The van der Waals surface area contributed by atoms with Crippen LogP contribution in [0.1, 0.15) is 29.3 Å². The van der Waals surface area contributed by atoms with Gasteiger partial charge in [-0.1, -0.05) is 28.1 Å². The van der Waals surface area contributed by atoms with Gasteiger partial charge in [-0.25, -0.2) is 4.98 Å². The van der Waals surface area contributed by atoms with Crippen LogP contribution in [-0.4, -0.2) is 17.6 Å². The molecule has 0 unspecified atom stereocenters. The summed E-state index contributed by atoms with van der Waals surface area (Å²) in [4.78, 5) is 4.30. The van der Waals surface area contributed by atoms with E-state index in [1.54, 1.807) is 11.3 Å². The van der Waals surface area contributed by atoms with E-state index in [0.717, 1.165) is 23.4 Å². The van der Waals surface area contributed by atoms with E-state index >= 15 is 0 Å². The molecule has 0 aliphatic heterocycles. The number of nitrogens with zero attached hydrogens (tertiary/aromatic N) is 1. The summed E-state index contributed by atoms with van der Waals surface area (Å²) >= 11 is 5.23. The highest BCUT2D eigenvalue weighted by atomic mass is 79.9. The number of hydrogen-bond donors (Lipinski definition) is 1. The predicted molar refractivity (Wildman–Crippen MR) is 83.7 cm³/mol. The van der Waals surface area contributed by atoms with E-state index in [-0.39, 0.29) is 0 Å². The maximum atomic E-state index is 4.30. The minimum Gasteiger partial charge on any atom is -0.314 e. The average molecular weight is 337 g/mol. The number of benzene rings is 1. The van der Waals surface area contributed by atoms with Crippen LogP contribution in [0.4, 0.5) is 0 Å². The van der Waals surface area contributed by atoms with Gasteiger partial charge in [0.2, 0.25) is 0 Å². The lowest BCUT2D eigenvalue weighted by Crippen LogP contribution is -2.40. The van der Waals surface area contributed by atoms with E-state index in [4.69, 9.17) is 0 Å². The van der Waals surface area contributed by atoms with Crippen LogP contribution in [0.3, 0.4) is 0 Å². The fourth-order valence-electron chi connectivity index (χ4n) is 2.55. The van der Waals surface area contributed by atoms with Crippen LogP contribution in [0.2, 0.25) is 0 Å². The summed E-state index contributed by atoms with van der Waals surface area (Å²) in [5.41, 5.74) is 1.47. The van der Waals surface area contributed by atoms with Gasteiger partial charge in [0.25, 0.3) is 0 Å². The molecule has 1 aliphatic carbocycles. The van der Waals surface area contributed by atoms with Crippen molar-refractivity contribution in [2.45, 2.75) is 31.2 Å². The Morgan fingerprint density at radius 1 is 1.26 bits per heavy atom. The van der Waals surface area contributed by atoms with E-state index in [1.165, 1.54) is 23.4 Å². The van der Waals surface area contributed by atoms with Crippen molar-refractivity contribution < 1.29 is 0 Å². The monoisotopic (exact) mass is 336 g/mol. The highest BCUT2D eigenvalue weighted by Crippen LogP contribution is 2.37. The number of rotatable bonds is 5. The van der Waals surface area contributed by atoms with Gasteiger partial charge in [-0.3, -0.25) is 0 Å². The van der Waals surface area contributed by atoms with Gasteiger partial charge in [0.15, 0.2) is 0 Å². The largest absolute Gasteiger partial charge is 0.314 e. The van der Waals surface area contributed by atoms with Crippen LogP contribution >= 0.6 is 27.3 Å². The number of aromatic nitrogens is 1. The maximum Gasteiger partial charge on any atom is 0.0937 e. The zero-order chi connectivity index (χ0) is 13.1. The van der Waals surface area contributed by atoms with Crippen LogP contribution in [0.5, 0.6) is 0 Å². The number of nitrogens with one attached hydrogen (secondary N) is 1. The van der Waals surface area contributed by atoms with E-state index in [0.29, 0.717) is 6.04 Å². The standard InChI is InChI=1S/C15H17BrN2S/c16-13-3-1-11(2-4-13)12-9-14(10-12)17-6-5-15-18-7-8-19-15/h1-4,7-8,12,14,17H,5-6,9-10H2. The molecule has 1 N–H and O–H groups in total. The predicted octanol–water partition coefficient (Wildman–Crippen LogP) is 3.98. The average Bonchev–Trinajstić information content (AvgIpc) is 2.87. The summed E-state index contributed by atoms with van der Waals surface area (Å²) in [5.74, 6) is 0.741. The summed E-state index contributed by atoms with van der Waals surface area (Å²) < 4.78 is 1.16. The number of thiazole rings is 1. The number of halogens is 1. The molecule has 100 valence electrons. The second-order valence-electron chi connectivity index (χ2n) is 5.05. The highest BCUT2D eigenvalue weighted by Gasteiger charge is 2.29. The van der Waals surface area contributed by atoms with Crippen molar-refractivity contribution in [1.82, 2.24) is 10.3 Å². The quantitative estimate of drug-likeness (QED) is 0.893. The molecule has 1 saturated carbocycles. The molecular weight excluding hydrogens is 320 g/mol. The Kier molecular flexibility index (Phi) is 4.31. The Bertz CT molecular complexity index is 503. The molecule has 0 bridgehead atoms. The van der Waals surface area contributed by atoms with Crippen LogP contribution in [0, 0.1) is 0 Å². The molecule has 1 aromatic carbocycles. The van der Waals surface area contributed by atoms with Gasteiger partial charge in [-0.05, 0) is 36.5 Å². The van der Waals surface area contributed by atoms with Crippen molar-refractivity contribution in [3.63, 3.8) is 0 Å². The topological polar surface area (TPSA) is 24.9 Å². The summed E-state index contributed by atoms with van der Waals surface area (Å²) in [5, 5.41) is 6.90. The molecule has 1 aliphatic rings. The minimum atomic E-state index is 0.689. The third kappa shape index (κ3) is 3.44. The molecule has 0 spiro atoms. The molecule has 4 heteroatoms. The molecule has 0 amide bonds. The molecule has 2 aromatic rings. The molecule has 3 rings (SSSR count). The SMILES string of the molecule is Brc1ccc(C2CC(NCCc3nccs3)C2)cc1. The normalized spacial score (nSPS) is 22.2. The highest BCUT2D eigenvalue weighted by molar-refractivity contribution is 9.10. The summed E-state index contributed by atoms with van der Waals surface area (Å²) in [6, 6.07) is 9.44. The fourth-order valence-corrected chi connectivity index (χ4v) is 3.44. The Balaban J connectivity index is 1.39. The third-order valence-corrected chi connectivity index (χ3v) is 5.10. The summed E-state index contributed by atoms with van der Waals surface area (Å²) in [6.45, 7) is 1.05. The van der Waals surface area contributed by atoms with Crippen molar-refractivity contribution in [2.75, 3.05) is 6.54 Å². The van der Waals surface area contributed by atoms with Crippen molar-refractivity contribution in [3.05, 3.63) is 50.9 Å². The summed E-state index contributed by atoms with van der Waals surface area (Å²) in [7, 11) is 0. The van der Waals surface area contributed by atoms with Crippen molar-refractivity contribution in [2.24, 2.45) is 0 Å². The van der Waals surface area contributed by atoms with Crippen LogP contribution in [-0.2, 0) is 6.42 Å². The van der Waals surface area contributed by atoms with E-state index in [2.05, 4.69) is 50.5 Å². The van der Waals surface area contributed by atoms with Gasteiger partial charge < -0.3 is 5.32 Å². The van der Waals surface area contributed by atoms with Crippen LogP contribution in [0.25, 0.3) is 0 Å². The zero-order valence-electron chi connectivity index (χ0n) is 10.7. The molecule has 2 nitrogen and oxygen atoms in total. The minimum absolute atomic E-state index is 0.689. The van der Waals surface area contributed by atoms with E-state index in [9.17, 15) is 0 Å². The van der Waals surface area contributed by atoms with Gasteiger partial charge in [0.05, 0.1) is 5.01 Å². The Hall–Kier alpha value is -0.710. The van der Waals surface area contributed by atoms with E-state index in [1.807, 2.05) is 11.6 Å². The Morgan fingerprint density at radius 3 is 2.74 bits per heavy atom. The van der Waals surface area contributed by atoms with Crippen molar-refractivity contribution in [3.8, 4) is 0 Å². The smallest absolute Gasteiger partial charge is 0.0937 e. The first-order valence-electron chi connectivity index (χ1n) is 6.68. The molecule has 19 heavy (non-hydrogen) atoms. The Labute approximate surface area is 126 Å². The van der Waals surface area contributed by atoms with E-state index < -0.39 is 0 Å². The van der Waals surface area contributed by atoms with Crippen molar-refractivity contribution >= 4 is 27.3 Å². The Morgan fingerprint density at radius 2 is 2.05 bits per heavy atom. The molecule has 1 aromatic heterocycles. The number of hydrogen-bond acceptors (Lipinski definition) is 3. The van der Waals surface area contributed by atoms with Gasteiger partial charge in [-0.15, -0.1) is 11.3 Å². The lowest BCUT2D eigenvalue weighted by molar-refractivity contribution is 0.293. The second-order valence-corrected chi connectivity index (χ2v) is 6.94. The van der Waals surface area contributed by atoms with Gasteiger partial charge >= 0.3 is 0 Å². The third-order valence-electron chi connectivity index (χ3n) is 3.73. The first-order valence-corrected chi connectivity index (χ1v) is 8.36. The van der Waals surface area contributed by atoms with Crippen molar-refractivity contribution in [1.29, 1.82) is 0 Å². The summed E-state index contributed by atoms with van der Waals surface area (Å²) in [6.07, 6.45) is 5.46. The molecule has 0 radical (unpaired) electrons. The zero-order valence-corrected chi connectivity index (χ0v) is 13.1. The fraction of sp³-hybridized carbons (Fsp3) is 0.400. The molecule has 1 heterocycles. The van der Waals surface area contributed by atoms with Crippen LogP contribution in [0.15, 0.2) is 40.3 Å². The molecule has 0 atom stereocenters. The lowest BCUT2D eigenvalue weighted by atomic mass is 9.76. The molecule has 0 saturated heterocycles. The van der Waals surface area contributed by atoms with Crippen LogP contribution < -0.4 is 5.32 Å². The first kappa shape index (κ1) is 13.3. The first-order chi connectivity index (χ1) is 9.31. The lowest BCUT2D eigenvalue weighted by Gasteiger charge is -2.36. The second kappa shape index (κ2) is 6.16.